The van der Waals surface area contributed by atoms with Crippen LogP contribution in [-0.2, 0) is 6.54 Å². The fraction of sp³-hybridized carbons (Fsp3) is 0.143. The largest absolute Gasteiger partial charge is 0.364 e. The van der Waals surface area contributed by atoms with E-state index < -0.39 is 0 Å². The summed E-state index contributed by atoms with van der Waals surface area (Å²) in [6.07, 6.45) is 5.07. The van der Waals surface area contributed by atoms with Gasteiger partial charge in [-0.05, 0) is 18.2 Å². The van der Waals surface area contributed by atoms with Gasteiger partial charge in [-0.3, -0.25) is 4.79 Å². The lowest BCUT2D eigenvalue weighted by atomic mass is 10.2. The molecule has 7 nitrogen and oxygen atoms in total. The number of aromatic nitrogens is 4. The van der Waals surface area contributed by atoms with E-state index in [1.165, 1.54) is 0 Å². The maximum Gasteiger partial charge on any atom is 0.254 e. The molecule has 0 fully saturated rings. The molecule has 7 heteroatoms. The fourth-order valence-corrected chi connectivity index (χ4v) is 2.06. The van der Waals surface area contributed by atoms with E-state index in [2.05, 4.69) is 25.7 Å². The summed E-state index contributed by atoms with van der Waals surface area (Å²) in [5, 5.41) is 9.98. The number of carbonyl (C=O) groups excluding carboxylic acids is 1. The maximum absolute atomic E-state index is 11.8. The van der Waals surface area contributed by atoms with Crippen molar-refractivity contribution >= 4 is 17.4 Å². The van der Waals surface area contributed by atoms with E-state index in [1.807, 2.05) is 12.1 Å². The monoisotopic (exact) mass is 282 g/mol. The molecule has 3 aromatic heterocycles. The Kier molecular flexibility index (Phi) is 3.46. The number of nitrogens with one attached hydrogen (secondary N) is 2. The van der Waals surface area contributed by atoms with E-state index in [4.69, 9.17) is 0 Å². The third kappa shape index (κ3) is 2.53. The number of amides is 1. The number of carbonyl (C=O) groups is 1. The van der Waals surface area contributed by atoms with E-state index >= 15 is 0 Å². The zero-order chi connectivity index (χ0) is 14.7. The maximum atomic E-state index is 11.8. The molecule has 0 bridgehead atoms. The van der Waals surface area contributed by atoms with Gasteiger partial charge >= 0.3 is 0 Å². The molecule has 2 N–H and O–H groups in total. The molecule has 3 aromatic rings. The molecule has 3 heterocycles. The Bertz CT molecular complexity index is 782. The third-order valence-electron chi connectivity index (χ3n) is 3.08. The second-order valence-corrected chi connectivity index (χ2v) is 4.37. The topological polar surface area (TPSA) is 84.2 Å². The highest BCUT2D eigenvalue weighted by Crippen LogP contribution is 2.13. The number of fused-ring (bicyclic) bond motifs is 1. The lowest BCUT2D eigenvalue weighted by Crippen LogP contribution is -2.20. The first kappa shape index (κ1) is 13.0. The highest BCUT2D eigenvalue weighted by Gasteiger charge is 2.10. The average Bonchev–Trinajstić information content (AvgIpc) is 3.01. The number of nitrogens with zero attached hydrogens (tertiary/aromatic N) is 4. The number of pyridine rings is 1. The van der Waals surface area contributed by atoms with Crippen molar-refractivity contribution in [1.29, 1.82) is 0 Å². The number of anilines is 1. The highest BCUT2D eigenvalue weighted by molar-refractivity contribution is 5.98. The number of hydrogen-bond donors (Lipinski definition) is 2. The first-order valence-corrected chi connectivity index (χ1v) is 6.48. The lowest BCUT2D eigenvalue weighted by molar-refractivity contribution is 0.0963. The van der Waals surface area contributed by atoms with Crippen molar-refractivity contribution in [3.63, 3.8) is 0 Å². The van der Waals surface area contributed by atoms with Crippen LogP contribution in [0.3, 0.4) is 0 Å². The van der Waals surface area contributed by atoms with Crippen molar-refractivity contribution in [1.82, 2.24) is 24.9 Å². The van der Waals surface area contributed by atoms with E-state index in [0.29, 0.717) is 17.9 Å². The van der Waals surface area contributed by atoms with Crippen LogP contribution in [0, 0.1) is 0 Å². The molecule has 0 aliphatic carbocycles. The fourth-order valence-electron chi connectivity index (χ4n) is 2.06. The van der Waals surface area contributed by atoms with Gasteiger partial charge in [-0.25, -0.2) is 14.5 Å². The summed E-state index contributed by atoms with van der Waals surface area (Å²) in [7, 11) is 1.59. The van der Waals surface area contributed by atoms with Gasteiger partial charge in [-0.2, -0.15) is 5.10 Å². The first-order chi connectivity index (χ1) is 10.3. The zero-order valence-electron chi connectivity index (χ0n) is 11.4. The molecular formula is C14H14N6O. The second-order valence-electron chi connectivity index (χ2n) is 4.37. The minimum atomic E-state index is -0.176. The smallest absolute Gasteiger partial charge is 0.254 e. The summed E-state index contributed by atoms with van der Waals surface area (Å²) >= 11 is 0. The molecule has 3 rings (SSSR count). The van der Waals surface area contributed by atoms with Crippen LogP contribution >= 0.6 is 0 Å². The molecule has 0 aliphatic rings. The van der Waals surface area contributed by atoms with Crippen LogP contribution in [0.2, 0.25) is 0 Å². The number of hydrogen-bond acceptors (Lipinski definition) is 5. The lowest BCUT2D eigenvalue weighted by Gasteiger charge is -2.10. The predicted molar refractivity (Wildman–Crippen MR) is 77.9 cm³/mol. The van der Waals surface area contributed by atoms with Gasteiger partial charge in [0, 0.05) is 25.5 Å². The van der Waals surface area contributed by atoms with Gasteiger partial charge in [-0.1, -0.05) is 0 Å². The molecular weight excluding hydrogens is 268 g/mol. The van der Waals surface area contributed by atoms with Crippen LogP contribution < -0.4 is 10.6 Å². The molecule has 0 saturated heterocycles. The van der Waals surface area contributed by atoms with Gasteiger partial charge in [0.1, 0.15) is 5.82 Å². The summed E-state index contributed by atoms with van der Waals surface area (Å²) < 4.78 is 1.75. The molecule has 21 heavy (non-hydrogen) atoms. The minimum Gasteiger partial charge on any atom is -0.364 e. The minimum absolute atomic E-state index is 0.176. The molecule has 0 saturated carbocycles. The van der Waals surface area contributed by atoms with Crippen LogP contribution in [0.15, 0.2) is 42.9 Å². The molecule has 0 atom stereocenters. The molecule has 0 unspecified atom stereocenters. The predicted octanol–water partition coefficient (Wildman–Crippen LogP) is 1.10. The average molecular weight is 282 g/mol. The van der Waals surface area contributed by atoms with E-state index in [1.54, 1.807) is 42.3 Å². The molecule has 0 radical (unpaired) electrons. The van der Waals surface area contributed by atoms with Crippen LogP contribution in [0.1, 0.15) is 16.1 Å². The number of rotatable bonds is 4. The van der Waals surface area contributed by atoms with Gasteiger partial charge in [0.15, 0.2) is 5.65 Å². The standard InChI is InChI=1S/C14H14N6O/c1-15-14(21)11-3-2-6-17-13(11)18-9-10-4-7-16-12-5-8-19-20(10)12/h2-8H,9H2,1H3,(H,15,21)(H,17,18). The van der Waals surface area contributed by atoms with Crippen molar-refractivity contribution < 1.29 is 4.79 Å². The van der Waals surface area contributed by atoms with Crippen LogP contribution in [-0.4, -0.2) is 32.5 Å². The summed E-state index contributed by atoms with van der Waals surface area (Å²) in [4.78, 5) is 20.2. The van der Waals surface area contributed by atoms with Crippen molar-refractivity contribution in [3.05, 3.63) is 54.1 Å². The van der Waals surface area contributed by atoms with Crippen molar-refractivity contribution in [2.24, 2.45) is 0 Å². The Balaban J connectivity index is 1.85. The quantitative estimate of drug-likeness (QED) is 0.748. The summed E-state index contributed by atoms with van der Waals surface area (Å²) in [6.45, 7) is 0.488. The highest BCUT2D eigenvalue weighted by atomic mass is 16.1. The summed E-state index contributed by atoms with van der Waals surface area (Å²) in [5.41, 5.74) is 2.21. The van der Waals surface area contributed by atoms with E-state index in [9.17, 15) is 4.79 Å². The Morgan fingerprint density at radius 1 is 1.19 bits per heavy atom. The van der Waals surface area contributed by atoms with Gasteiger partial charge < -0.3 is 10.6 Å². The SMILES string of the molecule is CNC(=O)c1cccnc1NCc1ccnc2ccnn12. The summed E-state index contributed by atoms with van der Waals surface area (Å²) in [5.74, 6) is 0.360. The van der Waals surface area contributed by atoms with Crippen molar-refractivity contribution in [2.75, 3.05) is 12.4 Å². The normalized spacial score (nSPS) is 10.5. The van der Waals surface area contributed by atoms with Crippen LogP contribution in [0.25, 0.3) is 5.65 Å². The molecule has 106 valence electrons. The Morgan fingerprint density at radius 2 is 2.10 bits per heavy atom. The Hall–Kier alpha value is -2.96. The Morgan fingerprint density at radius 3 is 2.95 bits per heavy atom. The van der Waals surface area contributed by atoms with Gasteiger partial charge in [-0.15, -0.1) is 0 Å². The molecule has 0 aromatic carbocycles. The third-order valence-corrected chi connectivity index (χ3v) is 3.08. The first-order valence-electron chi connectivity index (χ1n) is 6.48. The van der Waals surface area contributed by atoms with E-state index in [0.717, 1.165) is 11.3 Å². The van der Waals surface area contributed by atoms with E-state index in [-0.39, 0.29) is 5.91 Å². The molecule has 1 amide bonds. The van der Waals surface area contributed by atoms with Gasteiger partial charge in [0.05, 0.1) is 24.0 Å². The van der Waals surface area contributed by atoms with Gasteiger partial charge in [0.2, 0.25) is 0 Å². The second kappa shape index (κ2) is 5.58. The van der Waals surface area contributed by atoms with Crippen molar-refractivity contribution in [3.8, 4) is 0 Å². The zero-order valence-corrected chi connectivity index (χ0v) is 11.4. The molecule has 0 spiro atoms. The van der Waals surface area contributed by atoms with Crippen LogP contribution in [0.4, 0.5) is 5.82 Å². The summed E-state index contributed by atoms with van der Waals surface area (Å²) in [6, 6.07) is 7.16. The van der Waals surface area contributed by atoms with Crippen molar-refractivity contribution in [2.45, 2.75) is 6.54 Å². The van der Waals surface area contributed by atoms with Gasteiger partial charge in [0.25, 0.3) is 5.91 Å². The molecule has 0 aliphatic heterocycles. The van der Waals surface area contributed by atoms with Crippen LogP contribution in [0.5, 0.6) is 0 Å². The Labute approximate surface area is 121 Å².